The highest BCUT2D eigenvalue weighted by molar-refractivity contribution is 7.80. The summed E-state index contributed by atoms with van der Waals surface area (Å²) in [5.74, 6) is 0.217. The van der Waals surface area contributed by atoms with Crippen LogP contribution in [0.15, 0.2) is 78.9 Å². The smallest absolute Gasteiger partial charge is 0.109 e. The Bertz CT molecular complexity index is 1080. The first kappa shape index (κ1) is 17.4. The molecule has 1 fully saturated rings. The lowest BCUT2D eigenvalue weighted by atomic mass is 9.77. The van der Waals surface area contributed by atoms with Crippen molar-refractivity contribution in [3.05, 3.63) is 107 Å². The van der Waals surface area contributed by atoms with Crippen LogP contribution in [0.4, 0.5) is 0 Å². The van der Waals surface area contributed by atoms with Gasteiger partial charge in [-0.3, -0.25) is 4.90 Å². The van der Waals surface area contributed by atoms with Gasteiger partial charge in [0, 0.05) is 13.1 Å². The minimum absolute atomic E-state index is 0.217. The van der Waals surface area contributed by atoms with Crippen LogP contribution in [-0.4, -0.2) is 27.9 Å². The van der Waals surface area contributed by atoms with Crippen molar-refractivity contribution in [3.8, 4) is 0 Å². The zero-order chi connectivity index (χ0) is 19.4. The standard InChI is InChI=1S/C26H24N2S/c29-26-23(20-10-2-1-3-11-20)24-21-12-6-4-8-18(21)14-16-27(24)25-22-13-7-5-9-19(22)15-17-28(25)26/h1-13,23-25H,14-17H2/t23-,24-,25-/m0/s1. The zero-order valence-corrected chi connectivity index (χ0v) is 17.2. The number of nitrogens with zero attached hydrogens (tertiary/aromatic N) is 2. The number of fused-ring (bicyclic) bond motifs is 7. The number of hydrogen-bond acceptors (Lipinski definition) is 2. The molecular formula is C26H24N2S. The molecule has 6 rings (SSSR count). The maximum atomic E-state index is 6.23. The van der Waals surface area contributed by atoms with Crippen molar-refractivity contribution in [2.75, 3.05) is 13.1 Å². The van der Waals surface area contributed by atoms with Gasteiger partial charge < -0.3 is 4.90 Å². The van der Waals surface area contributed by atoms with Gasteiger partial charge in [-0.25, -0.2) is 0 Å². The van der Waals surface area contributed by atoms with Crippen LogP contribution in [0.1, 0.15) is 45.9 Å². The molecule has 2 nitrogen and oxygen atoms in total. The molecular weight excluding hydrogens is 372 g/mol. The van der Waals surface area contributed by atoms with Crippen LogP contribution < -0.4 is 0 Å². The van der Waals surface area contributed by atoms with Crippen molar-refractivity contribution in [2.45, 2.75) is 31.0 Å². The van der Waals surface area contributed by atoms with E-state index < -0.39 is 0 Å². The van der Waals surface area contributed by atoms with E-state index in [1.54, 1.807) is 0 Å². The number of hydrogen-bond donors (Lipinski definition) is 0. The minimum atomic E-state index is 0.217. The van der Waals surface area contributed by atoms with Gasteiger partial charge in [0.25, 0.3) is 0 Å². The summed E-state index contributed by atoms with van der Waals surface area (Å²) < 4.78 is 0. The monoisotopic (exact) mass is 396 g/mol. The molecule has 0 bridgehead atoms. The average Bonchev–Trinajstić information content (AvgIpc) is 2.79. The maximum absolute atomic E-state index is 6.23. The lowest BCUT2D eigenvalue weighted by Gasteiger charge is -2.57. The topological polar surface area (TPSA) is 6.48 Å². The van der Waals surface area contributed by atoms with Gasteiger partial charge in [-0.15, -0.1) is 0 Å². The Morgan fingerprint density at radius 2 is 1.31 bits per heavy atom. The van der Waals surface area contributed by atoms with Gasteiger partial charge in [-0.05, 0) is 40.7 Å². The third kappa shape index (κ3) is 2.61. The first-order chi connectivity index (χ1) is 14.3. The maximum Gasteiger partial charge on any atom is 0.109 e. The van der Waals surface area contributed by atoms with E-state index >= 15 is 0 Å². The highest BCUT2D eigenvalue weighted by Crippen LogP contribution is 2.52. The molecule has 0 N–H and O–H groups in total. The molecule has 0 amide bonds. The van der Waals surface area contributed by atoms with Crippen molar-refractivity contribution in [2.24, 2.45) is 0 Å². The van der Waals surface area contributed by atoms with Gasteiger partial charge in [0.2, 0.25) is 0 Å². The fraction of sp³-hybridized carbons (Fsp3) is 0.269. The molecule has 3 heterocycles. The van der Waals surface area contributed by atoms with Crippen LogP contribution in [0, 0.1) is 0 Å². The normalized spacial score (nSPS) is 25.6. The third-order valence-electron chi connectivity index (χ3n) is 6.96. The first-order valence-corrected chi connectivity index (χ1v) is 11.0. The fourth-order valence-electron chi connectivity index (χ4n) is 5.70. The summed E-state index contributed by atoms with van der Waals surface area (Å²) in [5, 5.41) is 0. The molecule has 0 radical (unpaired) electrons. The van der Waals surface area contributed by atoms with Crippen molar-refractivity contribution in [3.63, 3.8) is 0 Å². The van der Waals surface area contributed by atoms with Gasteiger partial charge in [-0.2, -0.15) is 0 Å². The van der Waals surface area contributed by atoms with Gasteiger partial charge in [-0.1, -0.05) is 91.1 Å². The molecule has 3 heteroatoms. The largest absolute Gasteiger partial charge is 0.345 e. The second-order valence-corrected chi connectivity index (χ2v) is 8.79. The molecule has 3 aromatic carbocycles. The number of benzene rings is 3. The molecule has 0 saturated carbocycles. The van der Waals surface area contributed by atoms with E-state index in [0.29, 0.717) is 6.04 Å². The van der Waals surface area contributed by atoms with Crippen LogP contribution in [0.3, 0.4) is 0 Å². The fourth-order valence-corrected chi connectivity index (χ4v) is 6.15. The van der Waals surface area contributed by atoms with Crippen molar-refractivity contribution < 1.29 is 0 Å². The Balaban J connectivity index is 1.56. The zero-order valence-electron chi connectivity index (χ0n) is 16.4. The molecule has 144 valence electrons. The third-order valence-corrected chi connectivity index (χ3v) is 7.45. The van der Waals surface area contributed by atoms with Crippen LogP contribution in [0.5, 0.6) is 0 Å². The summed E-state index contributed by atoms with van der Waals surface area (Å²) in [5.41, 5.74) is 7.19. The van der Waals surface area contributed by atoms with Crippen LogP contribution in [0.2, 0.25) is 0 Å². The average molecular weight is 397 g/mol. The quantitative estimate of drug-likeness (QED) is 0.518. The van der Waals surface area contributed by atoms with Gasteiger partial charge >= 0.3 is 0 Å². The molecule has 1 saturated heterocycles. The predicted octanol–water partition coefficient (Wildman–Crippen LogP) is 5.27. The molecule has 3 atom stereocenters. The van der Waals surface area contributed by atoms with E-state index in [9.17, 15) is 0 Å². The van der Waals surface area contributed by atoms with Crippen LogP contribution >= 0.6 is 12.2 Å². The molecule has 29 heavy (non-hydrogen) atoms. The van der Waals surface area contributed by atoms with E-state index in [-0.39, 0.29) is 12.1 Å². The molecule has 0 aromatic heterocycles. The Hall–Kier alpha value is -2.49. The summed E-state index contributed by atoms with van der Waals surface area (Å²) in [6.07, 6.45) is 2.43. The van der Waals surface area contributed by atoms with E-state index in [1.165, 1.54) is 27.8 Å². The second kappa shape index (κ2) is 6.79. The first-order valence-electron chi connectivity index (χ1n) is 10.6. The molecule has 3 aliphatic heterocycles. The summed E-state index contributed by atoms with van der Waals surface area (Å²) in [6, 6.07) is 29.2. The van der Waals surface area contributed by atoms with Crippen molar-refractivity contribution in [1.29, 1.82) is 0 Å². The van der Waals surface area contributed by atoms with E-state index in [2.05, 4.69) is 88.7 Å². The van der Waals surface area contributed by atoms with E-state index in [1.807, 2.05) is 0 Å². The highest BCUT2D eigenvalue weighted by atomic mass is 32.1. The van der Waals surface area contributed by atoms with E-state index in [4.69, 9.17) is 12.2 Å². The lowest BCUT2D eigenvalue weighted by Crippen LogP contribution is -2.58. The highest BCUT2D eigenvalue weighted by Gasteiger charge is 2.49. The summed E-state index contributed by atoms with van der Waals surface area (Å²) >= 11 is 6.23. The van der Waals surface area contributed by atoms with Crippen molar-refractivity contribution >= 4 is 17.2 Å². The van der Waals surface area contributed by atoms with Crippen LogP contribution in [-0.2, 0) is 12.8 Å². The van der Waals surface area contributed by atoms with Gasteiger partial charge in [0.15, 0.2) is 0 Å². The predicted molar refractivity (Wildman–Crippen MR) is 121 cm³/mol. The Morgan fingerprint density at radius 1 is 0.690 bits per heavy atom. The van der Waals surface area contributed by atoms with Gasteiger partial charge in [0.05, 0.1) is 16.9 Å². The van der Waals surface area contributed by atoms with Gasteiger partial charge in [0.1, 0.15) is 6.17 Å². The van der Waals surface area contributed by atoms with E-state index in [0.717, 1.165) is 30.9 Å². The number of thiocarbonyl (C=S) groups is 1. The SMILES string of the molecule is S=C1[C@@H](c2ccccc2)[C@@H]2c3ccccc3CCN2[C@@H]2c3ccccc3CCN12. The molecule has 3 aromatic rings. The summed E-state index contributed by atoms with van der Waals surface area (Å²) in [4.78, 5) is 6.35. The molecule has 0 aliphatic carbocycles. The Morgan fingerprint density at radius 3 is 2.10 bits per heavy atom. The summed E-state index contributed by atoms with van der Waals surface area (Å²) in [6.45, 7) is 2.08. The second-order valence-electron chi connectivity index (χ2n) is 8.37. The molecule has 3 aliphatic rings. The number of rotatable bonds is 1. The Kier molecular flexibility index (Phi) is 4.07. The lowest BCUT2D eigenvalue weighted by molar-refractivity contribution is 0.00638. The molecule has 0 spiro atoms. The Labute approximate surface area is 177 Å². The van der Waals surface area contributed by atoms with Crippen molar-refractivity contribution in [1.82, 2.24) is 9.80 Å². The minimum Gasteiger partial charge on any atom is -0.345 e. The van der Waals surface area contributed by atoms with Crippen LogP contribution in [0.25, 0.3) is 0 Å². The molecule has 0 unspecified atom stereocenters. The summed E-state index contributed by atoms with van der Waals surface area (Å²) in [7, 11) is 0.